The van der Waals surface area contributed by atoms with E-state index in [0.29, 0.717) is 13.2 Å². The maximum atomic E-state index is 5.68. The second kappa shape index (κ2) is 5.43. The lowest BCUT2D eigenvalue weighted by Crippen LogP contribution is -2.15. The Morgan fingerprint density at radius 1 is 1.04 bits per heavy atom. The third-order valence-electron chi connectivity index (χ3n) is 3.88. The van der Waals surface area contributed by atoms with E-state index in [1.54, 1.807) is 0 Å². The second-order valence-corrected chi connectivity index (χ2v) is 5.58. The molecule has 0 aliphatic carbocycles. The van der Waals surface area contributed by atoms with Crippen molar-refractivity contribution in [1.82, 2.24) is 14.5 Å². The van der Waals surface area contributed by atoms with Gasteiger partial charge in [-0.05, 0) is 37.3 Å². The number of imidazole rings is 1. The summed E-state index contributed by atoms with van der Waals surface area (Å²) in [5.41, 5.74) is 4.77. The average Bonchev–Trinajstić information content (AvgIpc) is 2.96. The fraction of sp³-hybridized carbons (Fsp3) is 0.222. The summed E-state index contributed by atoms with van der Waals surface area (Å²) in [5.74, 6) is 1.55. The number of aryl methyl sites for hydroxylation is 2. The number of rotatable bonds is 2. The van der Waals surface area contributed by atoms with Gasteiger partial charge >= 0.3 is 0 Å². The molecule has 1 aliphatic rings. The van der Waals surface area contributed by atoms with Crippen molar-refractivity contribution in [2.45, 2.75) is 6.92 Å². The van der Waals surface area contributed by atoms with Crippen molar-refractivity contribution in [3.05, 3.63) is 48.4 Å². The minimum Gasteiger partial charge on any atom is -0.486 e. The van der Waals surface area contributed by atoms with E-state index >= 15 is 0 Å². The van der Waals surface area contributed by atoms with Crippen LogP contribution in [0.1, 0.15) is 5.69 Å². The number of aromatic nitrogens is 3. The molecule has 116 valence electrons. The van der Waals surface area contributed by atoms with Crippen LogP contribution in [-0.2, 0) is 7.05 Å². The van der Waals surface area contributed by atoms with Crippen molar-refractivity contribution in [3.8, 4) is 34.1 Å². The van der Waals surface area contributed by atoms with Crippen molar-refractivity contribution in [3.63, 3.8) is 0 Å². The van der Waals surface area contributed by atoms with Gasteiger partial charge in [-0.1, -0.05) is 6.07 Å². The van der Waals surface area contributed by atoms with Gasteiger partial charge in [-0.25, -0.2) is 4.98 Å². The zero-order valence-electron chi connectivity index (χ0n) is 13.1. The molecule has 0 fully saturated rings. The molecule has 0 atom stereocenters. The van der Waals surface area contributed by atoms with Crippen molar-refractivity contribution >= 4 is 0 Å². The molecule has 0 unspecified atom stereocenters. The minimum atomic E-state index is 0.574. The second-order valence-electron chi connectivity index (χ2n) is 5.58. The highest BCUT2D eigenvalue weighted by Crippen LogP contribution is 2.37. The number of ether oxygens (including phenoxy) is 2. The van der Waals surface area contributed by atoms with Gasteiger partial charge in [0.15, 0.2) is 11.5 Å². The molecule has 0 saturated heterocycles. The molecule has 0 saturated carbocycles. The Morgan fingerprint density at radius 3 is 2.70 bits per heavy atom. The third kappa shape index (κ3) is 2.44. The van der Waals surface area contributed by atoms with Crippen LogP contribution in [0.4, 0.5) is 0 Å². The van der Waals surface area contributed by atoms with Crippen LogP contribution in [0.25, 0.3) is 22.6 Å². The van der Waals surface area contributed by atoms with E-state index in [-0.39, 0.29) is 0 Å². The highest BCUT2D eigenvalue weighted by Gasteiger charge is 2.18. The van der Waals surface area contributed by atoms with E-state index in [2.05, 4.69) is 9.97 Å². The summed E-state index contributed by atoms with van der Waals surface area (Å²) < 4.78 is 13.3. The van der Waals surface area contributed by atoms with Crippen molar-refractivity contribution in [1.29, 1.82) is 0 Å². The molecule has 4 rings (SSSR count). The first-order chi connectivity index (χ1) is 11.2. The number of benzene rings is 1. The quantitative estimate of drug-likeness (QED) is 0.729. The van der Waals surface area contributed by atoms with E-state index in [9.17, 15) is 0 Å². The van der Waals surface area contributed by atoms with Crippen LogP contribution in [-0.4, -0.2) is 27.7 Å². The van der Waals surface area contributed by atoms with E-state index < -0.39 is 0 Å². The maximum absolute atomic E-state index is 5.68. The average molecular weight is 307 g/mol. The molecular weight excluding hydrogens is 290 g/mol. The molecule has 3 heterocycles. The zero-order chi connectivity index (χ0) is 15.8. The molecule has 23 heavy (non-hydrogen) atoms. The minimum absolute atomic E-state index is 0.574. The number of hydrogen-bond donors (Lipinski definition) is 0. The predicted octanol–water partition coefficient (Wildman–Crippen LogP) is 3.23. The van der Waals surface area contributed by atoms with Crippen LogP contribution in [0.3, 0.4) is 0 Å². The van der Waals surface area contributed by atoms with Gasteiger partial charge in [0.05, 0.1) is 23.4 Å². The highest BCUT2D eigenvalue weighted by molar-refractivity contribution is 5.78. The molecule has 0 N–H and O–H groups in total. The largest absolute Gasteiger partial charge is 0.486 e. The van der Waals surface area contributed by atoms with Crippen LogP contribution < -0.4 is 9.47 Å². The summed E-state index contributed by atoms with van der Waals surface area (Å²) in [6.45, 7) is 3.16. The van der Waals surface area contributed by atoms with Gasteiger partial charge in [0, 0.05) is 18.3 Å². The lowest BCUT2D eigenvalue weighted by atomic mass is 10.1. The smallest absolute Gasteiger partial charge is 0.162 e. The Labute approximate surface area is 134 Å². The van der Waals surface area contributed by atoms with Crippen molar-refractivity contribution in [2.75, 3.05) is 13.2 Å². The summed E-state index contributed by atoms with van der Waals surface area (Å²) >= 11 is 0. The molecule has 0 spiro atoms. The summed E-state index contributed by atoms with van der Waals surface area (Å²) in [6.07, 6.45) is 1.81. The van der Waals surface area contributed by atoms with Gasteiger partial charge in [0.1, 0.15) is 13.2 Å². The standard InChI is InChI=1S/C18H17N3O2/c1-12-4-3-5-14(20-12)18-17(19-11-21(18)2)13-6-7-15-16(10-13)23-9-8-22-15/h3-7,10-11H,8-9H2,1-2H3. The molecule has 2 aromatic heterocycles. The fourth-order valence-electron chi connectivity index (χ4n) is 2.81. The molecule has 5 heteroatoms. The van der Waals surface area contributed by atoms with Crippen LogP contribution in [0.2, 0.25) is 0 Å². The molecule has 0 bridgehead atoms. The first-order valence-corrected chi connectivity index (χ1v) is 7.58. The molecule has 5 nitrogen and oxygen atoms in total. The maximum Gasteiger partial charge on any atom is 0.162 e. The lowest BCUT2D eigenvalue weighted by molar-refractivity contribution is 0.171. The Morgan fingerprint density at radius 2 is 1.87 bits per heavy atom. The Kier molecular flexibility index (Phi) is 3.26. The first-order valence-electron chi connectivity index (χ1n) is 7.58. The van der Waals surface area contributed by atoms with E-state index in [1.807, 2.05) is 61.3 Å². The van der Waals surface area contributed by atoms with Crippen LogP contribution in [0.15, 0.2) is 42.7 Å². The monoisotopic (exact) mass is 307 g/mol. The summed E-state index contributed by atoms with van der Waals surface area (Å²) in [6, 6.07) is 11.9. The molecule has 0 amide bonds. The first kappa shape index (κ1) is 13.8. The van der Waals surface area contributed by atoms with Crippen molar-refractivity contribution in [2.24, 2.45) is 7.05 Å². The SMILES string of the molecule is Cc1cccc(-c2c(-c3ccc4c(c3)OCCO4)ncn2C)n1. The summed E-state index contributed by atoms with van der Waals surface area (Å²) in [7, 11) is 1.98. The van der Waals surface area contributed by atoms with Gasteiger partial charge in [-0.3, -0.25) is 4.98 Å². The molecule has 3 aromatic rings. The number of fused-ring (bicyclic) bond motifs is 1. The van der Waals surface area contributed by atoms with E-state index in [0.717, 1.165) is 39.8 Å². The topological polar surface area (TPSA) is 49.2 Å². The van der Waals surface area contributed by atoms with Crippen LogP contribution >= 0.6 is 0 Å². The fourth-order valence-corrected chi connectivity index (χ4v) is 2.81. The third-order valence-corrected chi connectivity index (χ3v) is 3.88. The van der Waals surface area contributed by atoms with E-state index in [1.165, 1.54) is 0 Å². The summed E-state index contributed by atoms with van der Waals surface area (Å²) in [5, 5.41) is 0. The predicted molar refractivity (Wildman–Crippen MR) is 87.6 cm³/mol. The summed E-state index contributed by atoms with van der Waals surface area (Å²) in [4.78, 5) is 9.20. The van der Waals surface area contributed by atoms with Gasteiger partial charge in [-0.15, -0.1) is 0 Å². The van der Waals surface area contributed by atoms with Crippen LogP contribution in [0.5, 0.6) is 11.5 Å². The van der Waals surface area contributed by atoms with Gasteiger partial charge in [0.2, 0.25) is 0 Å². The Balaban J connectivity index is 1.84. The Bertz CT molecular complexity index is 870. The van der Waals surface area contributed by atoms with Crippen LogP contribution in [0, 0.1) is 6.92 Å². The molecular formula is C18H17N3O2. The number of pyridine rings is 1. The normalized spacial score (nSPS) is 13.1. The zero-order valence-corrected chi connectivity index (χ0v) is 13.1. The van der Waals surface area contributed by atoms with Crippen molar-refractivity contribution < 1.29 is 9.47 Å². The Hall–Kier alpha value is -2.82. The van der Waals surface area contributed by atoms with Gasteiger partial charge in [0.25, 0.3) is 0 Å². The van der Waals surface area contributed by atoms with Gasteiger partial charge < -0.3 is 14.0 Å². The van der Waals surface area contributed by atoms with E-state index in [4.69, 9.17) is 9.47 Å². The molecule has 0 radical (unpaired) electrons. The highest BCUT2D eigenvalue weighted by atomic mass is 16.6. The molecule has 1 aromatic carbocycles. The number of nitrogens with zero attached hydrogens (tertiary/aromatic N) is 3. The molecule has 1 aliphatic heterocycles. The van der Waals surface area contributed by atoms with Gasteiger partial charge in [-0.2, -0.15) is 0 Å². The lowest BCUT2D eigenvalue weighted by Gasteiger charge is -2.18. The number of hydrogen-bond acceptors (Lipinski definition) is 4.